The van der Waals surface area contributed by atoms with Crippen LogP contribution in [0.15, 0.2) is 18.2 Å². The Labute approximate surface area is 114 Å². The number of aliphatic hydroxyl groups excluding tert-OH is 1. The number of aliphatic hydroxyl groups is 1. The van der Waals surface area contributed by atoms with E-state index in [0.29, 0.717) is 11.5 Å². The molecule has 0 unspecified atom stereocenters. The van der Waals surface area contributed by atoms with Crippen LogP contribution in [-0.2, 0) is 0 Å². The van der Waals surface area contributed by atoms with Gasteiger partial charge in [-0.1, -0.05) is 24.7 Å². The van der Waals surface area contributed by atoms with Crippen molar-refractivity contribution >= 4 is 0 Å². The van der Waals surface area contributed by atoms with E-state index in [2.05, 4.69) is 11.8 Å². The molecule has 0 aliphatic heterocycles. The van der Waals surface area contributed by atoms with Crippen molar-refractivity contribution in [2.24, 2.45) is 5.92 Å². The SMILES string of the molecule is COc1ccc(C#C[C@@H]2CCCC[C@H]2O)cc1OC. The topological polar surface area (TPSA) is 38.7 Å². The first-order chi connectivity index (χ1) is 9.24. The molecule has 1 saturated carbocycles. The molecule has 1 N–H and O–H groups in total. The summed E-state index contributed by atoms with van der Waals surface area (Å²) in [5.41, 5.74) is 0.885. The summed E-state index contributed by atoms with van der Waals surface area (Å²) in [5.74, 6) is 7.78. The Morgan fingerprint density at radius 3 is 2.53 bits per heavy atom. The van der Waals surface area contributed by atoms with Crippen LogP contribution in [0, 0.1) is 17.8 Å². The number of benzene rings is 1. The predicted octanol–water partition coefficient (Wildman–Crippen LogP) is 2.61. The highest BCUT2D eigenvalue weighted by Gasteiger charge is 2.20. The first kappa shape index (κ1) is 13.8. The molecule has 1 fully saturated rings. The van der Waals surface area contributed by atoms with Crippen molar-refractivity contribution in [3.05, 3.63) is 23.8 Å². The highest BCUT2D eigenvalue weighted by Crippen LogP contribution is 2.27. The lowest BCUT2D eigenvalue weighted by Gasteiger charge is -2.22. The quantitative estimate of drug-likeness (QED) is 0.831. The molecule has 0 radical (unpaired) electrons. The predicted molar refractivity (Wildman–Crippen MR) is 74.4 cm³/mol. The third kappa shape index (κ3) is 3.42. The first-order valence-electron chi connectivity index (χ1n) is 6.66. The van der Waals surface area contributed by atoms with Crippen LogP contribution in [0.25, 0.3) is 0 Å². The molecule has 0 saturated heterocycles. The third-order valence-electron chi connectivity index (χ3n) is 3.51. The normalized spacial score (nSPS) is 22.3. The van der Waals surface area contributed by atoms with E-state index in [4.69, 9.17) is 9.47 Å². The van der Waals surface area contributed by atoms with Crippen molar-refractivity contribution in [1.82, 2.24) is 0 Å². The van der Waals surface area contributed by atoms with E-state index in [-0.39, 0.29) is 12.0 Å². The van der Waals surface area contributed by atoms with Gasteiger partial charge < -0.3 is 14.6 Å². The molecule has 3 heteroatoms. The highest BCUT2D eigenvalue weighted by atomic mass is 16.5. The van der Waals surface area contributed by atoms with Gasteiger partial charge in [-0.15, -0.1) is 0 Å². The van der Waals surface area contributed by atoms with E-state index in [1.807, 2.05) is 18.2 Å². The first-order valence-corrected chi connectivity index (χ1v) is 6.66. The minimum atomic E-state index is -0.276. The Kier molecular flexibility index (Phi) is 4.70. The van der Waals surface area contributed by atoms with Crippen molar-refractivity contribution in [2.75, 3.05) is 14.2 Å². The Morgan fingerprint density at radius 1 is 1.11 bits per heavy atom. The van der Waals surface area contributed by atoms with Gasteiger partial charge in [0.15, 0.2) is 11.5 Å². The van der Waals surface area contributed by atoms with Crippen LogP contribution in [0.3, 0.4) is 0 Å². The molecular formula is C16H20O3. The van der Waals surface area contributed by atoms with Gasteiger partial charge in [0.25, 0.3) is 0 Å². The molecule has 3 nitrogen and oxygen atoms in total. The molecule has 0 spiro atoms. The van der Waals surface area contributed by atoms with Crippen molar-refractivity contribution in [1.29, 1.82) is 0 Å². The summed E-state index contributed by atoms with van der Waals surface area (Å²) in [4.78, 5) is 0. The van der Waals surface area contributed by atoms with E-state index in [1.165, 1.54) is 0 Å². The smallest absolute Gasteiger partial charge is 0.161 e. The summed E-state index contributed by atoms with van der Waals surface area (Å²) in [6.07, 6.45) is 3.84. The maximum absolute atomic E-state index is 9.88. The third-order valence-corrected chi connectivity index (χ3v) is 3.51. The van der Waals surface area contributed by atoms with E-state index >= 15 is 0 Å². The van der Waals surface area contributed by atoms with Gasteiger partial charge >= 0.3 is 0 Å². The second-order valence-electron chi connectivity index (χ2n) is 4.80. The summed E-state index contributed by atoms with van der Waals surface area (Å²) in [5, 5.41) is 9.88. The van der Waals surface area contributed by atoms with Crippen LogP contribution >= 0.6 is 0 Å². The highest BCUT2D eigenvalue weighted by molar-refractivity contribution is 5.48. The van der Waals surface area contributed by atoms with Gasteiger partial charge in [0.1, 0.15) is 0 Å². The van der Waals surface area contributed by atoms with E-state index in [0.717, 1.165) is 31.2 Å². The zero-order chi connectivity index (χ0) is 13.7. The molecule has 2 atom stereocenters. The fourth-order valence-electron chi connectivity index (χ4n) is 2.37. The number of rotatable bonds is 2. The van der Waals surface area contributed by atoms with Gasteiger partial charge in [-0.05, 0) is 31.0 Å². The van der Waals surface area contributed by atoms with Gasteiger partial charge in [0.2, 0.25) is 0 Å². The van der Waals surface area contributed by atoms with Gasteiger partial charge in [-0.3, -0.25) is 0 Å². The zero-order valence-electron chi connectivity index (χ0n) is 11.5. The summed E-state index contributed by atoms with van der Waals surface area (Å²) in [6.45, 7) is 0. The molecule has 0 bridgehead atoms. The molecule has 1 aliphatic carbocycles. The Bertz CT molecular complexity index is 485. The van der Waals surface area contributed by atoms with E-state index in [9.17, 15) is 5.11 Å². The summed E-state index contributed by atoms with van der Waals surface area (Å²) in [6, 6.07) is 5.62. The van der Waals surface area contributed by atoms with Crippen molar-refractivity contribution in [3.63, 3.8) is 0 Å². The number of methoxy groups -OCH3 is 2. The minimum Gasteiger partial charge on any atom is -0.493 e. The number of ether oxygens (including phenoxy) is 2. The summed E-state index contributed by atoms with van der Waals surface area (Å²) in [7, 11) is 3.22. The van der Waals surface area contributed by atoms with E-state index < -0.39 is 0 Å². The van der Waals surface area contributed by atoms with Crippen molar-refractivity contribution in [3.8, 4) is 23.3 Å². The average Bonchev–Trinajstić information content (AvgIpc) is 2.46. The van der Waals surface area contributed by atoms with Gasteiger partial charge in [-0.25, -0.2) is 0 Å². The monoisotopic (exact) mass is 260 g/mol. The van der Waals surface area contributed by atoms with Gasteiger partial charge in [0, 0.05) is 11.5 Å². The molecular weight excluding hydrogens is 240 g/mol. The van der Waals surface area contributed by atoms with Crippen molar-refractivity contribution < 1.29 is 14.6 Å². The number of hydrogen-bond acceptors (Lipinski definition) is 3. The number of hydrogen-bond donors (Lipinski definition) is 1. The molecule has 102 valence electrons. The van der Waals surface area contributed by atoms with Crippen LogP contribution in [0.2, 0.25) is 0 Å². The van der Waals surface area contributed by atoms with Crippen LogP contribution in [0.4, 0.5) is 0 Å². The van der Waals surface area contributed by atoms with E-state index in [1.54, 1.807) is 14.2 Å². The van der Waals surface area contributed by atoms with Crippen LogP contribution in [-0.4, -0.2) is 25.4 Å². The fourth-order valence-corrected chi connectivity index (χ4v) is 2.37. The summed E-state index contributed by atoms with van der Waals surface area (Å²) >= 11 is 0. The fraction of sp³-hybridized carbons (Fsp3) is 0.500. The molecule has 19 heavy (non-hydrogen) atoms. The van der Waals surface area contributed by atoms with Gasteiger partial charge in [0.05, 0.1) is 20.3 Å². The maximum atomic E-state index is 9.88. The van der Waals surface area contributed by atoms with Crippen LogP contribution < -0.4 is 9.47 Å². The van der Waals surface area contributed by atoms with Gasteiger partial charge in [-0.2, -0.15) is 0 Å². The molecule has 0 amide bonds. The zero-order valence-corrected chi connectivity index (χ0v) is 11.5. The maximum Gasteiger partial charge on any atom is 0.161 e. The second-order valence-corrected chi connectivity index (χ2v) is 4.80. The molecule has 0 aromatic heterocycles. The molecule has 1 aliphatic rings. The molecule has 0 heterocycles. The largest absolute Gasteiger partial charge is 0.493 e. The minimum absolute atomic E-state index is 0.0989. The van der Waals surface area contributed by atoms with Crippen molar-refractivity contribution in [2.45, 2.75) is 31.8 Å². The Balaban J connectivity index is 2.15. The lowest BCUT2D eigenvalue weighted by atomic mass is 9.87. The summed E-state index contributed by atoms with van der Waals surface area (Å²) < 4.78 is 10.4. The van der Waals surface area contributed by atoms with Crippen LogP contribution in [0.5, 0.6) is 11.5 Å². The Hall–Kier alpha value is -1.66. The van der Waals surface area contributed by atoms with Crippen LogP contribution in [0.1, 0.15) is 31.2 Å². The second kappa shape index (κ2) is 6.49. The standard InChI is InChI=1S/C16H20O3/c1-18-15-10-8-12(11-16(15)19-2)7-9-13-5-3-4-6-14(13)17/h8,10-11,13-14,17H,3-6H2,1-2H3/t13-,14+/m0/s1. The molecule has 1 aromatic rings. The Morgan fingerprint density at radius 2 is 1.84 bits per heavy atom. The lowest BCUT2D eigenvalue weighted by molar-refractivity contribution is 0.0970. The molecule has 2 rings (SSSR count). The lowest BCUT2D eigenvalue weighted by Crippen LogP contribution is -2.22. The molecule has 1 aromatic carbocycles. The average molecular weight is 260 g/mol.